The first-order chi connectivity index (χ1) is 9.00. The molecule has 0 aromatic heterocycles. The highest BCUT2D eigenvalue weighted by Gasteiger charge is 2.17. The highest BCUT2D eigenvalue weighted by molar-refractivity contribution is 6.34. The molecule has 0 spiro atoms. The lowest BCUT2D eigenvalue weighted by atomic mass is 9.99. The van der Waals surface area contributed by atoms with Gasteiger partial charge in [-0.25, -0.2) is 4.79 Å². The fourth-order valence-corrected chi connectivity index (χ4v) is 2.02. The fraction of sp³-hybridized carbons (Fsp3) is 0. The molecule has 96 valence electrons. The van der Waals surface area contributed by atoms with Gasteiger partial charge in [0.1, 0.15) is 0 Å². The quantitative estimate of drug-likeness (QED) is 0.686. The van der Waals surface area contributed by atoms with E-state index in [-0.39, 0.29) is 16.3 Å². The summed E-state index contributed by atoms with van der Waals surface area (Å²) in [6.45, 7) is 0. The minimum absolute atomic E-state index is 0.0651. The minimum Gasteiger partial charge on any atom is -0.478 e. The van der Waals surface area contributed by atoms with Crippen molar-refractivity contribution < 1.29 is 14.8 Å². The van der Waals surface area contributed by atoms with Gasteiger partial charge in [-0.1, -0.05) is 35.9 Å². The van der Waals surface area contributed by atoms with Crippen molar-refractivity contribution in [1.29, 1.82) is 0 Å². The molecular formula is C13H8ClNO4. The first-order valence-electron chi connectivity index (χ1n) is 5.27. The maximum absolute atomic E-state index is 11.2. The van der Waals surface area contributed by atoms with Crippen LogP contribution in [-0.4, -0.2) is 16.0 Å². The van der Waals surface area contributed by atoms with E-state index in [0.29, 0.717) is 11.1 Å². The number of halogens is 1. The van der Waals surface area contributed by atoms with Crippen molar-refractivity contribution in [2.75, 3.05) is 0 Å². The lowest BCUT2D eigenvalue weighted by Gasteiger charge is -2.07. The second-order valence-corrected chi connectivity index (χ2v) is 4.18. The van der Waals surface area contributed by atoms with Crippen LogP contribution in [0.4, 0.5) is 5.69 Å². The lowest BCUT2D eigenvalue weighted by molar-refractivity contribution is -0.384. The van der Waals surface area contributed by atoms with Gasteiger partial charge >= 0.3 is 5.97 Å². The normalized spacial score (nSPS) is 10.2. The van der Waals surface area contributed by atoms with Crippen LogP contribution in [0.1, 0.15) is 10.4 Å². The number of nitrogens with zero attached hydrogens (tertiary/aromatic N) is 1. The molecule has 6 heteroatoms. The number of carbonyl (C=O) groups is 1. The van der Waals surface area contributed by atoms with Gasteiger partial charge in [-0.05, 0) is 17.2 Å². The predicted molar refractivity (Wildman–Crippen MR) is 70.5 cm³/mol. The third kappa shape index (κ3) is 2.56. The van der Waals surface area contributed by atoms with Crippen LogP contribution in [0.25, 0.3) is 11.1 Å². The van der Waals surface area contributed by atoms with Crippen LogP contribution in [0.2, 0.25) is 5.02 Å². The van der Waals surface area contributed by atoms with E-state index in [2.05, 4.69) is 0 Å². The molecule has 0 heterocycles. The molecule has 2 rings (SSSR count). The molecule has 0 saturated carbocycles. The Morgan fingerprint density at radius 2 is 1.89 bits per heavy atom. The van der Waals surface area contributed by atoms with Gasteiger partial charge in [-0.15, -0.1) is 0 Å². The molecule has 0 fully saturated rings. The topological polar surface area (TPSA) is 80.4 Å². The van der Waals surface area contributed by atoms with Crippen molar-refractivity contribution in [3.05, 3.63) is 63.2 Å². The van der Waals surface area contributed by atoms with Crippen LogP contribution < -0.4 is 0 Å². The molecule has 19 heavy (non-hydrogen) atoms. The molecule has 0 amide bonds. The molecule has 0 radical (unpaired) electrons. The molecule has 0 atom stereocenters. The zero-order valence-electron chi connectivity index (χ0n) is 9.54. The van der Waals surface area contributed by atoms with Crippen molar-refractivity contribution in [2.24, 2.45) is 0 Å². The van der Waals surface area contributed by atoms with Crippen LogP contribution in [0.5, 0.6) is 0 Å². The van der Waals surface area contributed by atoms with Gasteiger partial charge in [0.15, 0.2) is 0 Å². The Morgan fingerprint density at radius 3 is 2.53 bits per heavy atom. The van der Waals surface area contributed by atoms with Gasteiger partial charge < -0.3 is 5.11 Å². The summed E-state index contributed by atoms with van der Waals surface area (Å²) in [7, 11) is 0. The molecule has 0 aliphatic heterocycles. The van der Waals surface area contributed by atoms with Gasteiger partial charge in [0.2, 0.25) is 0 Å². The van der Waals surface area contributed by atoms with Gasteiger partial charge in [-0.2, -0.15) is 0 Å². The Balaban J connectivity index is 2.65. The Morgan fingerprint density at radius 1 is 1.21 bits per heavy atom. The second-order valence-electron chi connectivity index (χ2n) is 3.77. The van der Waals surface area contributed by atoms with Gasteiger partial charge in [0.25, 0.3) is 5.69 Å². The molecule has 0 saturated heterocycles. The van der Waals surface area contributed by atoms with E-state index in [0.717, 1.165) is 0 Å². The second kappa shape index (κ2) is 5.07. The minimum atomic E-state index is -1.17. The van der Waals surface area contributed by atoms with Crippen molar-refractivity contribution in [1.82, 2.24) is 0 Å². The maximum Gasteiger partial charge on any atom is 0.337 e. The first-order valence-corrected chi connectivity index (χ1v) is 5.65. The maximum atomic E-state index is 11.2. The molecule has 2 aromatic carbocycles. The SMILES string of the molecule is O=C(O)c1c(Cl)cccc1-c1cccc([N+](=O)[O-])c1. The first kappa shape index (κ1) is 13.0. The van der Waals surface area contributed by atoms with E-state index in [1.807, 2.05) is 0 Å². The fourth-order valence-electron chi connectivity index (χ4n) is 1.77. The van der Waals surface area contributed by atoms with Gasteiger partial charge in [0, 0.05) is 12.1 Å². The largest absolute Gasteiger partial charge is 0.478 e. The molecule has 2 aromatic rings. The number of benzene rings is 2. The Hall–Kier alpha value is -2.40. The molecular weight excluding hydrogens is 270 g/mol. The van der Waals surface area contributed by atoms with E-state index < -0.39 is 10.9 Å². The van der Waals surface area contributed by atoms with Crippen molar-refractivity contribution >= 4 is 23.3 Å². The van der Waals surface area contributed by atoms with E-state index in [4.69, 9.17) is 16.7 Å². The Kier molecular flexibility index (Phi) is 3.48. The van der Waals surface area contributed by atoms with Crippen LogP contribution in [-0.2, 0) is 0 Å². The van der Waals surface area contributed by atoms with Gasteiger partial charge in [0.05, 0.1) is 15.5 Å². The van der Waals surface area contributed by atoms with Crippen molar-refractivity contribution in [2.45, 2.75) is 0 Å². The van der Waals surface area contributed by atoms with E-state index in [1.54, 1.807) is 18.2 Å². The predicted octanol–water partition coefficient (Wildman–Crippen LogP) is 3.61. The molecule has 0 aliphatic rings. The lowest BCUT2D eigenvalue weighted by Crippen LogP contribution is -2.01. The summed E-state index contributed by atoms with van der Waals surface area (Å²) in [5, 5.41) is 20.0. The number of nitro benzene ring substituents is 1. The Labute approximate surface area is 113 Å². The van der Waals surface area contributed by atoms with Crippen LogP contribution in [0, 0.1) is 10.1 Å². The standard InChI is InChI=1S/C13H8ClNO4/c14-11-6-2-5-10(12(11)13(16)17)8-3-1-4-9(7-8)15(18)19/h1-7H,(H,16,17). The van der Waals surface area contributed by atoms with E-state index >= 15 is 0 Å². The molecule has 5 nitrogen and oxygen atoms in total. The number of carboxylic acids is 1. The summed E-state index contributed by atoms with van der Waals surface area (Å²) >= 11 is 5.86. The van der Waals surface area contributed by atoms with E-state index in [9.17, 15) is 14.9 Å². The monoisotopic (exact) mass is 277 g/mol. The third-order valence-electron chi connectivity index (χ3n) is 2.60. The number of nitro groups is 1. The highest BCUT2D eigenvalue weighted by atomic mass is 35.5. The molecule has 0 unspecified atom stereocenters. The molecule has 0 aliphatic carbocycles. The van der Waals surface area contributed by atoms with Crippen LogP contribution >= 0.6 is 11.6 Å². The number of hydrogen-bond acceptors (Lipinski definition) is 3. The summed E-state index contributed by atoms with van der Waals surface area (Å²) in [4.78, 5) is 21.4. The highest BCUT2D eigenvalue weighted by Crippen LogP contribution is 2.31. The molecule has 1 N–H and O–H groups in total. The Bertz CT molecular complexity index is 669. The van der Waals surface area contributed by atoms with Crippen LogP contribution in [0.15, 0.2) is 42.5 Å². The number of carboxylic acid groups (broad SMARTS) is 1. The third-order valence-corrected chi connectivity index (χ3v) is 2.91. The smallest absolute Gasteiger partial charge is 0.337 e. The summed E-state index contributed by atoms with van der Waals surface area (Å²) < 4.78 is 0. The van der Waals surface area contributed by atoms with Gasteiger partial charge in [-0.3, -0.25) is 10.1 Å². The summed E-state index contributed by atoms with van der Waals surface area (Å²) in [5.74, 6) is -1.17. The number of non-ortho nitro benzene ring substituents is 1. The summed E-state index contributed by atoms with van der Waals surface area (Å²) in [6.07, 6.45) is 0. The van der Waals surface area contributed by atoms with Crippen molar-refractivity contribution in [3.63, 3.8) is 0 Å². The van der Waals surface area contributed by atoms with Crippen LogP contribution in [0.3, 0.4) is 0 Å². The average molecular weight is 278 g/mol. The number of hydrogen-bond donors (Lipinski definition) is 1. The zero-order valence-corrected chi connectivity index (χ0v) is 10.3. The summed E-state index contributed by atoms with van der Waals surface area (Å²) in [6, 6.07) is 10.4. The molecule has 0 bridgehead atoms. The number of aromatic carboxylic acids is 1. The van der Waals surface area contributed by atoms with E-state index in [1.165, 1.54) is 24.3 Å². The zero-order chi connectivity index (χ0) is 14.0. The van der Waals surface area contributed by atoms with Crippen molar-refractivity contribution in [3.8, 4) is 11.1 Å². The number of rotatable bonds is 3. The average Bonchev–Trinajstić information content (AvgIpc) is 2.38. The summed E-state index contributed by atoms with van der Waals surface area (Å²) in [5.41, 5.74) is 0.622.